The van der Waals surface area contributed by atoms with Crippen molar-refractivity contribution < 1.29 is 9.15 Å². The fourth-order valence-electron chi connectivity index (χ4n) is 1.38. The number of hydrogen-bond acceptors (Lipinski definition) is 5. The van der Waals surface area contributed by atoms with Gasteiger partial charge in [0.25, 0.3) is 5.89 Å². The summed E-state index contributed by atoms with van der Waals surface area (Å²) < 4.78 is 10.9. The number of nitrogens with zero attached hydrogens (tertiary/aromatic N) is 3. The molecule has 0 aliphatic heterocycles. The van der Waals surface area contributed by atoms with E-state index in [1.165, 1.54) is 0 Å². The molecule has 2 rings (SSSR count). The molecular weight excluding hydrogens is 230 g/mol. The fraction of sp³-hybridized carbons (Fsp3) is 0.308. The average molecular weight is 243 g/mol. The van der Waals surface area contributed by atoms with Gasteiger partial charge in [-0.2, -0.15) is 5.26 Å². The topological polar surface area (TPSA) is 71.9 Å². The van der Waals surface area contributed by atoms with Crippen LogP contribution >= 0.6 is 0 Å². The Labute approximate surface area is 105 Å². The monoisotopic (exact) mass is 243 g/mol. The Kier molecular flexibility index (Phi) is 3.58. The predicted octanol–water partition coefficient (Wildman–Crippen LogP) is 2.64. The third kappa shape index (κ3) is 2.66. The van der Waals surface area contributed by atoms with Gasteiger partial charge in [-0.3, -0.25) is 0 Å². The van der Waals surface area contributed by atoms with Crippen LogP contribution in [0.2, 0.25) is 0 Å². The molecule has 1 aromatic heterocycles. The van der Waals surface area contributed by atoms with Crippen molar-refractivity contribution in [3.05, 3.63) is 41.6 Å². The molecule has 0 N–H and O–H groups in total. The number of aromatic nitrogens is 2. The molecule has 1 aromatic carbocycles. The highest BCUT2D eigenvalue weighted by Gasteiger charge is 2.10. The molecule has 0 atom stereocenters. The van der Waals surface area contributed by atoms with Gasteiger partial charge in [0, 0.05) is 5.92 Å². The summed E-state index contributed by atoms with van der Waals surface area (Å²) in [6, 6.07) is 9.09. The van der Waals surface area contributed by atoms with Gasteiger partial charge in [0.1, 0.15) is 11.8 Å². The van der Waals surface area contributed by atoms with E-state index in [4.69, 9.17) is 14.4 Å². The number of nitriles is 1. The second-order valence-electron chi connectivity index (χ2n) is 4.09. The van der Waals surface area contributed by atoms with Crippen molar-refractivity contribution in [2.24, 2.45) is 0 Å². The Hall–Kier alpha value is -2.35. The van der Waals surface area contributed by atoms with Crippen LogP contribution in [-0.4, -0.2) is 10.2 Å². The highest BCUT2D eigenvalue weighted by Crippen LogP contribution is 2.18. The van der Waals surface area contributed by atoms with Crippen molar-refractivity contribution in [3.63, 3.8) is 0 Å². The molecule has 0 saturated heterocycles. The molecule has 0 aliphatic rings. The molecule has 18 heavy (non-hydrogen) atoms. The highest BCUT2D eigenvalue weighted by atomic mass is 16.5. The lowest BCUT2D eigenvalue weighted by Crippen LogP contribution is -1.97. The zero-order chi connectivity index (χ0) is 13.0. The van der Waals surface area contributed by atoms with E-state index >= 15 is 0 Å². The Balaban J connectivity index is 2.05. The van der Waals surface area contributed by atoms with Gasteiger partial charge >= 0.3 is 0 Å². The van der Waals surface area contributed by atoms with E-state index in [0.29, 0.717) is 23.1 Å². The van der Waals surface area contributed by atoms with E-state index in [-0.39, 0.29) is 12.5 Å². The molecule has 0 fully saturated rings. The van der Waals surface area contributed by atoms with E-state index in [1.54, 1.807) is 18.2 Å². The summed E-state index contributed by atoms with van der Waals surface area (Å²) in [5.41, 5.74) is 0.487. The second-order valence-corrected chi connectivity index (χ2v) is 4.09. The molecule has 0 aliphatic carbocycles. The highest BCUT2D eigenvalue weighted by molar-refractivity contribution is 5.42. The molecule has 0 bridgehead atoms. The molecule has 5 nitrogen and oxygen atoms in total. The van der Waals surface area contributed by atoms with Gasteiger partial charge in [0.2, 0.25) is 5.89 Å². The Morgan fingerprint density at radius 1 is 1.33 bits per heavy atom. The predicted molar refractivity (Wildman–Crippen MR) is 63.9 cm³/mol. The first-order valence-corrected chi connectivity index (χ1v) is 5.65. The lowest BCUT2D eigenvalue weighted by atomic mass is 10.2. The summed E-state index contributed by atoms with van der Waals surface area (Å²) in [6.07, 6.45) is 0. The van der Waals surface area contributed by atoms with Crippen molar-refractivity contribution in [2.75, 3.05) is 0 Å². The minimum Gasteiger partial charge on any atom is -0.482 e. The molecular formula is C13H13N3O2. The van der Waals surface area contributed by atoms with Gasteiger partial charge in [-0.05, 0) is 12.1 Å². The van der Waals surface area contributed by atoms with Crippen LogP contribution in [-0.2, 0) is 6.61 Å². The quantitative estimate of drug-likeness (QED) is 0.825. The Morgan fingerprint density at radius 2 is 2.11 bits per heavy atom. The van der Waals surface area contributed by atoms with Gasteiger partial charge in [-0.25, -0.2) is 0 Å². The van der Waals surface area contributed by atoms with Gasteiger partial charge in [0.05, 0.1) is 5.56 Å². The average Bonchev–Trinajstić information content (AvgIpc) is 2.85. The maximum atomic E-state index is 8.91. The number of ether oxygens (including phenoxy) is 1. The molecule has 0 spiro atoms. The minimum absolute atomic E-state index is 0.165. The maximum Gasteiger partial charge on any atom is 0.253 e. The zero-order valence-corrected chi connectivity index (χ0v) is 10.3. The fourth-order valence-corrected chi connectivity index (χ4v) is 1.38. The first kappa shape index (κ1) is 12.1. The number of hydrogen-bond donors (Lipinski definition) is 0. The van der Waals surface area contributed by atoms with Gasteiger partial charge in [-0.15, -0.1) is 10.2 Å². The first-order valence-electron chi connectivity index (χ1n) is 5.65. The molecule has 0 amide bonds. The van der Waals surface area contributed by atoms with E-state index in [0.717, 1.165) is 0 Å². The van der Waals surface area contributed by atoms with Crippen LogP contribution < -0.4 is 4.74 Å². The molecule has 92 valence electrons. The lowest BCUT2D eigenvalue weighted by Gasteiger charge is -2.04. The largest absolute Gasteiger partial charge is 0.482 e. The van der Waals surface area contributed by atoms with Crippen LogP contribution in [0.15, 0.2) is 28.7 Å². The smallest absolute Gasteiger partial charge is 0.253 e. The number of para-hydroxylation sites is 1. The summed E-state index contributed by atoms with van der Waals surface area (Å²) >= 11 is 0. The molecule has 0 unspecified atom stereocenters. The van der Waals surface area contributed by atoms with Crippen LogP contribution in [0.1, 0.15) is 37.1 Å². The van der Waals surface area contributed by atoms with Crippen LogP contribution in [0.25, 0.3) is 0 Å². The van der Waals surface area contributed by atoms with Crippen molar-refractivity contribution >= 4 is 0 Å². The van der Waals surface area contributed by atoms with Gasteiger partial charge < -0.3 is 9.15 Å². The number of rotatable bonds is 4. The van der Waals surface area contributed by atoms with Crippen LogP contribution in [0.4, 0.5) is 0 Å². The molecule has 0 radical (unpaired) electrons. The molecule has 1 heterocycles. The van der Waals surface area contributed by atoms with E-state index in [9.17, 15) is 0 Å². The van der Waals surface area contributed by atoms with Gasteiger partial charge in [0.15, 0.2) is 6.61 Å². The van der Waals surface area contributed by atoms with Gasteiger partial charge in [-0.1, -0.05) is 26.0 Å². The van der Waals surface area contributed by atoms with Crippen LogP contribution in [0, 0.1) is 11.3 Å². The normalized spacial score (nSPS) is 10.3. The Bertz CT molecular complexity index is 570. The second kappa shape index (κ2) is 5.32. The number of benzene rings is 1. The minimum atomic E-state index is 0.165. The molecule has 5 heteroatoms. The SMILES string of the molecule is CC(C)c1nnc(COc2ccccc2C#N)o1. The maximum absolute atomic E-state index is 8.91. The summed E-state index contributed by atoms with van der Waals surface area (Å²) in [7, 11) is 0. The van der Waals surface area contributed by atoms with Crippen molar-refractivity contribution in [1.82, 2.24) is 10.2 Å². The summed E-state index contributed by atoms with van der Waals surface area (Å²) in [5.74, 6) is 1.70. The third-order valence-electron chi connectivity index (χ3n) is 2.34. The van der Waals surface area contributed by atoms with Crippen molar-refractivity contribution in [2.45, 2.75) is 26.4 Å². The van der Waals surface area contributed by atoms with E-state index < -0.39 is 0 Å². The first-order chi connectivity index (χ1) is 8.70. The van der Waals surface area contributed by atoms with Crippen LogP contribution in [0.5, 0.6) is 5.75 Å². The van der Waals surface area contributed by atoms with Crippen molar-refractivity contribution in [3.8, 4) is 11.8 Å². The molecule has 0 saturated carbocycles. The molecule has 2 aromatic rings. The summed E-state index contributed by atoms with van der Waals surface area (Å²) in [5, 5.41) is 16.7. The Morgan fingerprint density at radius 3 is 2.78 bits per heavy atom. The third-order valence-corrected chi connectivity index (χ3v) is 2.34. The summed E-state index contributed by atoms with van der Waals surface area (Å²) in [6.45, 7) is 4.12. The lowest BCUT2D eigenvalue weighted by molar-refractivity contribution is 0.257. The standard InChI is InChI=1S/C13H13N3O2/c1-9(2)13-16-15-12(18-13)8-17-11-6-4-3-5-10(11)7-14/h3-6,9H,8H2,1-2H3. The van der Waals surface area contributed by atoms with E-state index in [1.807, 2.05) is 19.9 Å². The van der Waals surface area contributed by atoms with Crippen molar-refractivity contribution in [1.29, 1.82) is 5.26 Å². The van der Waals surface area contributed by atoms with Crippen LogP contribution in [0.3, 0.4) is 0 Å². The summed E-state index contributed by atoms with van der Waals surface area (Å²) in [4.78, 5) is 0. The zero-order valence-electron chi connectivity index (χ0n) is 10.3. The van der Waals surface area contributed by atoms with E-state index in [2.05, 4.69) is 16.3 Å².